The Morgan fingerprint density at radius 1 is 1.09 bits per heavy atom. The highest BCUT2D eigenvalue weighted by molar-refractivity contribution is 7.89. The maximum Gasteiger partial charge on any atom is 0.573 e. The molecule has 34 heavy (non-hydrogen) atoms. The van der Waals surface area contributed by atoms with E-state index in [2.05, 4.69) is 4.74 Å². The number of carboxylic acid groups (broad SMARTS) is 1. The van der Waals surface area contributed by atoms with Crippen LogP contribution in [0.2, 0.25) is 0 Å². The molecular formula is C23H27F3N2O5S. The third-order valence-corrected chi connectivity index (χ3v) is 7.84. The van der Waals surface area contributed by atoms with Crippen molar-refractivity contribution in [1.29, 1.82) is 0 Å². The summed E-state index contributed by atoms with van der Waals surface area (Å²) in [4.78, 5) is 13.2. The molecule has 3 rings (SSSR count). The monoisotopic (exact) mass is 500 g/mol. The predicted molar refractivity (Wildman–Crippen MR) is 119 cm³/mol. The van der Waals surface area contributed by atoms with Gasteiger partial charge in [-0.1, -0.05) is 18.2 Å². The molecule has 2 atom stereocenters. The van der Waals surface area contributed by atoms with Gasteiger partial charge in [-0.2, -0.15) is 4.31 Å². The van der Waals surface area contributed by atoms with Crippen molar-refractivity contribution in [3.63, 3.8) is 0 Å². The minimum absolute atomic E-state index is 0.0572. The summed E-state index contributed by atoms with van der Waals surface area (Å²) in [6, 6.07) is 9.40. The lowest BCUT2D eigenvalue weighted by Crippen LogP contribution is -2.58. The van der Waals surface area contributed by atoms with Gasteiger partial charge < -0.3 is 9.84 Å². The van der Waals surface area contributed by atoms with E-state index in [1.807, 2.05) is 4.90 Å². The number of halogens is 3. The van der Waals surface area contributed by atoms with Gasteiger partial charge in [-0.3, -0.25) is 9.69 Å². The van der Waals surface area contributed by atoms with Gasteiger partial charge in [-0.15, -0.1) is 13.2 Å². The fourth-order valence-electron chi connectivity index (χ4n) is 4.36. The Hall–Kier alpha value is -2.63. The first-order chi connectivity index (χ1) is 15.8. The molecule has 0 amide bonds. The van der Waals surface area contributed by atoms with Gasteiger partial charge in [0.25, 0.3) is 0 Å². The zero-order valence-electron chi connectivity index (χ0n) is 19.0. The van der Waals surface area contributed by atoms with Crippen LogP contribution in [0.3, 0.4) is 0 Å². The highest BCUT2D eigenvalue weighted by atomic mass is 32.2. The Balaban J connectivity index is 1.73. The Kier molecular flexibility index (Phi) is 7.59. The minimum Gasteiger partial charge on any atom is -0.481 e. The molecular weight excluding hydrogens is 473 g/mol. The largest absolute Gasteiger partial charge is 0.573 e. The minimum atomic E-state index is -4.75. The van der Waals surface area contributed by atoms with Crippen molar-refractivity contribution in [1.82, 2.24) is 9.21 Å². The summed E-state index contributed by atoms with van der Waals surface area (Å²) in [6.45, 7) is 6.64. The van der Waals surface area contributed by atoms with Crippen LogP contribution in [-0.4, -0.2) is 60.2 Å². The number of carboxylic acids is 1. The summed E-state index contributed by atoms with van der Waals surface area (Å²) in [5, 5.41) is 9.11. The van der Waals surface area contributed by atoms with E-state index in [1.165, 1.54) is 28.6 Å². The summed E-state index contributed by atoms with van der Waals surface area (Å²) in [5.41, 5.74) is 1.94. The molecule has 0 radical (unpaired) electrons. The number of hydrogen-bond acceptors (Lipinski definition) is 5. The van der Waals surface area contributed by atoms with E-state index in [-0.39, 0.29) is 29.1 Å². The van der Waals surface area contributed by atoms with Crippen LogP contribution in [0.5, 0.6) is 5.75 Å². The summed E-state index contributed by atoms with van der Waals surface area (Å²) >= 11 is 0. The molecule has 0 aliphatic carbocycles. The van der Waals surface area contributed by atoms with E-state index in [9.17, 15) is 26.4 Å². The number of benzene rings is 2. The molecule has 2 aromatic rings. The molecule has 1 aliphatic heterocycles. The maximum absolute atomic E-state index is 13.4. The predicted octanol–water partition coefficient (Wildman–Crippen LogP) is 3.80. The lowest BCUT2D eigenvalue weighted by Gasteiger charge is -2.43. The Morgan fingerprint density at radius 3 is 2.21 bits per heavy atom. The number of rotatable bonds is 7. The first-order valence-electron chi connectivity index (χ1n) is 10.7. The van der Waals surface area contributed by atoms with Crippen LogP contribution in [0.15, 0.2) is 47.4 Å². The Morgan fingerprint density at radius 2 is 1.68 bits per heavy atom. The lowest BCUT2D eigenvalue weighted by atomic mass is 10.1. The number of sulfonamides is 1. The summed E-state index contributed by atoms with van der Waals surface area (Å²) < 4.78 is 69.2. The third-order valence-electron chi connectivity index (χ3n) is 5.71. The summed E-state index contributed by atoms with van der Waals surface area (Å²) in [6.07, 6.45) is -5.01. The zero-order chi connectivity index (χ0) is 25.3. The van der Waals surface area contributed by atoms with Crippen LogP contribution in [0.4, 0.5) is 13.2 Å². The van der Waals surface area contributed by atoms with Gasteiger partial charge in [0, 0.05) is 31.7 Å². The molecule has 0 bridgehead atoms. The van der Waals surface area contributed by atoms with Crippen LogP contribution in [0, 0.1) is 6.92 Å². The molecule has 1 fully saturated rings. The number of aliphatic carboxylic acids is 1. The summed E-state index contributed by atoms with van der Waals surface area (Å²) in [7, 11) is -3.86. The molecule has 0 aromatic heterocycles. The Labute approximate surface area is 196 Å². The number of alkyl halides is 3. The quantitative estimate of drug-likeness (QED) is 0.622. The van der Waals surface area contributed by atoms with Gasteiger partial charge in [0.2, 0.25) is 10.0 Å². The second-order valence-electron chi connectivity index (χ2n) is 8.58. The van der Waals surface area contributed by atoms with Crippen LogP contribution >= 0.6 is 0 Å². The molecule has 0 unspecified atom stereocenters. The van der Waals surface area contributed by atoms with E-state index >= 15 is 0 Å². The second-order valence-corrected chi connectivity index (χ2v) is 10.4. The first-order valence-corrected chi connectivity index (χ1v) is 12.1. The van der Waals surface area contributed by atoms with Crippen molar-refractivity contribution >= 4 is 16.0 Å². The van der Waals surface area contributed by atoms with Gasteiger partial charge >= 0.3 is 12.3 Å². The number of ether oxygens (including phenoxy) is 1. The smallest absolute Gasteiger partial charge is 0.481 e. The van der Waals surface area contributed by atoms with Gasteiger partial charge in [-0.05, 0) is 61.7 Å². The highest BCUT2D eigenvalue weighted by Gasteiger charge is 2.38. The topological polar surface area (TPSA) is 87.2 Å². The molecule has 0 saturated carbocycles. The van der Waals surface area contributed by atoms with E-state index in [4.69, 9.17) is 5.11 Å². The molecule has 2 aromatic carbocycles. The average molecular weight is 501 g/mol. The summed E-state index contributed by atoms with van der Waals surface area (Å²) in [5.74, 6) is -1.33. The van der Waals surface area contributed by atoms with Crippen molar-refractivity contribution in [3.8, 4) is 5.75 Å². The normalized spacial score (nSPS) is 20.3. The van der Waals surface area contributed by atoms with Crippen LogP contribution < -0.4 is 4.74 Å². The van der Waals surface area contributed by atoms with E-state index in [0.717, 1.165) is 5.56 Å². The van der Waals surface area contributed by atoms with Crippen LogP contribution in [-0.2, 0) is 27.8 Å². The number of nitrogens with zero attached hydrogens (tertiary/aromatic N) is 2. The maximum atomic E-state index is 13.4. The van der Waals surface area contributed by atoms with E-state index in [0.29, 0.717) is 30.8 Å². The van der Waals surface area contributed by atoms with Gasteiger partial charge in [0.05, 0.1) is 11.3 Å². The van der Waals surface area contributed by atoms with Crippen molar-refractivity contribution in [3.05, 3.63) is 59.2 Å². The third kappa shape index (κ3) is 6.28. The Bertz CT molecular complexity index is 1120. The first kappa shape index (κ1) is 26.0. The van der Waals surface area contributed by atoms with E-state index in [1.54, 1.807) is 39.0 Å². The molecule has 7 nitrogen and oxygen atoms in total. The average Bonchev–Trinajstić information content (AvgIpc) is 2.69. The number of carbonyl (C=O) groups is 1. The van der Waals surface area contributed by atoms with Crippen molar-refractivity contribution in [2.45, 2.75) is 57.1 Å². The number of aryl methyl sites for hydroxylation is 1. The molecule has 11 heteroatoms. The van der Waals surface area contributed by atoms with Crippen molar-refractivity contribution in [2.24, 2.45) is 0 Å². The van der Waals surface area contributed by atoms with Gasteiger partial charge in [-0.25, -0.2) is 8.42 Å². The second kappa shape index (κ2) is 9.93. The van der Waals surface area contributed by atoms with Crippen molar-refractivity contribution in [2.75, 3.05) is 13.1 Å². The fraction of sp³-hybridized carbons (Fsp3) is 0.435. The SMILES string of the molecule is Cc1ccc(S(=O)(=O)N2[C@H](C)CN(Cc3ccc(OC(F)(F)F)cc3)C[C@@H]2C)cc1CC(=O)O. The molecule has 186 valence electrons. The van der Waals surface area contributed by atoms with Crippen LogP contribution in [0.25, 0.3) is 0 Å². The lowest BCUT2D eigenvalue weighted by molar-refractivity contribution is -0.274. The molecule has 1 aliphatic rings. The molecule has 1 saturated heterocycles. The fourth-order valence-corrected chi connectivity index (χ4v) is 6.21. The van der Waals surface area contributed by atoms with E-state index < -0.39 is 22.4 Å². The zero-order valence-corrected chi connectivity index (χ0v) is 19.9. The molecule has 0 spiro atoms. The number of hydrogen-bond donors (Lipinski definition) is 1. The van der Waals surface area contributed by atoms with Gasteiger partial charge in [0.15, 0.2) is 0 Å². The highest BCUT2D eigenvalue weighted by Crippen LogP contribution is 2.28. The molecule has 1 heterocycles. The number of piperazine rings is 1. The molecule has 1 N–H and O–H groups in total. The van der Waals surface area contributed by atoms with Crippen LogP contribution in [0.1, 0.15) is 30.5 Å². The standard InChI is InChI=1S/C23H27F3N2O5S/c1-15-4-9-21(10-19(15)11-22(29)30)34(31,32)28-16(2)12-27(13-17(28)3)14-18-5-7-20(8-6-18)33-23(24,25)26/h4-10,16-17H,11-14H2,1-3H3,(H,29,30)/t16-,17+. The van der Waals surface area contributed by atoms with Crippen molar-refractivity contribution < 1.29 is 36.2 Å². The van der Waals surface area contributed by atoms with Gasteiger partial charge in [0.1, 0.15) is 5.75 Å².